The fourth-order valence-corrected chi connectivity index (χ4v) is 1.43. The van der Waals surface area contributed by atoms with E-state index in [9.17, 15) is 4.79 Å². The zero-order chi connectivity index (χ0) is 11.6. The third-order valence-corrected chi connectivity index (χ3v) is 2.04. The first-order valence-electron chi connectivity index (χ1n) is 4.42. The fourth-order valence-electron chi connectivity index (χ4n) is 1.43. The molecule has 0 radical (unpaired) electrons. The van der Waals surface area contributed by atoms with Crippen molar-refractivity contribution < 1.29 is 9.53 Å². The molecule has 0 spiro atoms. The van der Waals surface area contributed by atoms with Crippen LogP contribution in [0.15, 0.2) is 12.1 Å². The molecule has 0 atom stereocenters. The summed E-state index contributed by atoms with van der Waals surface area (Å²) >= 11 is 0. The zero-order valence-corrected chi connectivity index (χ0v) is 9.07. The number of anilines is 3. The van der Waals surface area contributed by atoms with Crippen LogP contribution in [0.2, 0.25) is 0 Å². The van der Waals surface area contributed by atoms with Gasteiger partial charge in [-0.05, 0) is 12.1 Å². The predicted octanol–water partition coefficient (Wildman–Crippen LogP) is 0.704. The highest BCUT2D eigenvalue weighted by molar-refractivity contribution is 5.95. The second-order valence-corrected chi connectivity index (χ2v) is 3.39. The van der Waals surface area contributed by atoms with Gasteiger partial charge in [-0.25, -0.2) is 4.79 Å². The van der Waals surface area contributed by atoms with Crippen LogP contribution in [0, 0.1) is 0 Å². The lowest BCUT2D eigenvalue weighted by Crippen LogP contribution is -2.15. The number of hydrogen-bond donors (Lipinski definition) is 2. The Kier molecular flexibility index (Phi) is 3.04. The summed E-state index contributed by atoms with van der Waals surface area (Å²) in [5, 5.41) is 0. The van der Waals surface area contributed by atoms with E-state index in [1.165, 1.54) is 7.11 Å². The van der Waals surface area contributed by atoms with Crippen molar-refractivity contribution in [2.45, 2.75) is 0 Å². The van der Waals surface area contributed by atoms with Crippen molar-refractivity contribution in [2.75, 3.05) is 37.6 Å². The summed E-state index contributed by atoms with van der Waals surface area (Å²) < 4.78 is 4.58. The Balaban J connectivity index is 3.25. The molecule has 15 heavy (non-hydrogen) atoms. The third kappa shape index (κ3) is 2.12. The van der Waals surface area contributed by atoms with E-state index < -0.39 is 5.97 Å². The number of nitrogens with two attached hydrogens (primary N) is 2. The van der Waals surface area contributed by atoms with Crippen LogP contribution in [0.1, 0.15) is 10.4 Å². The average Bonchev–Trinajstić information content (AvgIpc) is 2.14. The van der Waals surface area contributed by atoms with Crippen molar-refractivity contribution >= 4 is 23.0 Å². The Morgan fingerprint density at radius 2 is 1.73 bits per heavy atom. The van der Waals surface area contributed by atoms with Crippen molar-refractivity contribution in [1.82, 2.24) is 0 Å². The van der Waals surface area contributed by atoms with Crippen molar-refractivity contribution in [3.63, 3.8) is 0 Å². The molecule has 1 rings (SSSR count). The molecule has 0 aliphatic heterocycles. The molecule has 0 fully saturated rings. The van der Waals surface area contributed by atoms with Crippen LogP contribution in [0.4, 0.5) is 17.1 Å². The Morgan fingerprint density at radius 1 is 1.27 bits per heavy atom. The van der Waals surface area contributed by atoms with Gasteiger partial charge in [0.15, 0.2) is 0 Å². The fraction of sp³-hybridized carbons (Fsp3) is 0.300. The molecular weight excluding hydrogens is 194 g/mol. The molecule has 1 aromatic rings. The van der Waals surface area contributed by atoms with Crippen LogP contribution in [0.5, 0.6) is 0 Å². The zero-order valence-electron chi connectivity index (χ0n) is 9.07. The Bertz CT molecular complexity index is 365. The highest BCUT2D eigenvalue weighted by atomic mass is 16.5. The summed E-state index contributed by atoms with van der Waals surface area (Å²) in [6.45, 7) is 0. The number of ether oxygens (including phenoxy) is 1. The van der Waals surface area contributed by atoms with Gasteiger partial charge in [-0.15, -0.1) is 0 Å². The number of nitrogen functional groups attached to an aromatic ring is 2. The number of rotatable bonds is 2. The van der Waals surface area contributed by atoms with E-state index in [1.54, 1.807) is 17.0 Å². The first kappa shape index (κ1) is 11.2. The van der Waals surface area contributed by atoms with Crippen LogP contribution in [-0.4, -0.2) is 27.2 Å². The molecule has 0 aliphatic carbocycles. The molecule has 0 unspecified atom stereocenters. The molecule has 0 amide bonds. The van der Waals surface area contributed by atoms with Gasteiger partial charge in [0.1, 0.15) is 0 Å². The van der Waals surface area contributed by atoms with Gasteiger partial charge in [-0.3, -0.25) is 0 Å². The van der Waals surface area contributed by atoms with Gasteiger partial charge in [-0.2, -0.15) is 0 Å². The molecule has 5 heteroatoms. The molecule has 82 valence electrons. The van der Waals surface area contributed by atoms with Gasteiger partial charge in [-0.1, -0.05) is 0 Å². The van der Waals surface area contributed by atoms with Gasteiger partial charge < -0.3 is 21.1 Å². The predicted molar refractivity (Wildman–Crippen MR) is 60.9 cm³/mol. The van der Waals surface area contributed by atoms with Gasteiger partial charge in [0.2, 0.25) is 0 Å². The number of benzene rings is 1. The molecule has 4 N–H and O–H groups in total. The van der Waals surface area contributed by atoms with E-state index in [2.05, 4.69) is 4.74 Å². The second kappa shape index (κ2) is 4.08. The van der Waals surface area contributed by atoms with Gasteiger partial charge in [0, 0.05) is 14.1 Å². The van der Waals surface area contributed by atoms with Gasteiger partial charge in [0.05, 0.1) is 29.7 Å². The first-order chi connectivity index (χ1) is 6.97. The van der Waals surface area contributed by atoms with E-state index >= 15 is 0 Å². The molecule has 0 aliphatic rings. The number of methoxy groups -OCH3 is 1. The molecule has 0 saturated heterocycles. The summed E-state index contributed by atoms with van der Waals surface area (Å²) in [6, 6.07) is 3.11. The third-order valence-electron chi connectivity index (χ3n) is 2.04. The van der Waals surface area contributed by atoms with Gasteiger partial charge >= 0.3 is 5.97 Å². The monoisotopic (exact) mass is 209 g/mol. The largest absolute Gasteiger partial charge is 0.465 e. The summed E-state index contributed by atoms with van der Waals surface area (Å²) in [5.41, 5.74) is 13.6. The Morgan fingerprint density at radius 3 is 2.07 bits per heavy atom. The van der Waals surface area contributed by atoms with E-state index in [1.807, 2.05) is 14.1 Å². The quantitative estimate of drug-likeness (QED) is 0.553. The second-order valence-electron chi connectivity index (χ2n) is 3.39. The topological polar surface area (TPSA) is 81.6 Å². The molecular formula is C10H15N3O2. The molecule has 0 saturated carbocycles. The lowest BCUT2D eigenvalue weighted by atomic mass is 10.1. The van der Waals surface area contributed by atoms with E-state index in [0.29, 0.717) is 22.6 Å². The number of carbonyl (C=O) groups is 1. The minimum atomic E-state index is -0.446. The molecule has 1 aromatic carbocycles. The van der Waals surface area contributed by atoms with Crippen molar-refractivity contribution in [3.05, 3.63) is 17.7 Å². The minimum Gasteiger partial charge on any atom is -0.465 e. The molecule has 0 heterocycles. The Labute approximate surface area is 88.6 Å². The number of esters is 1. The summed E-state index contributed by atoms with van der Waals surface area (Å²) in [6.07, 6.45) is 0. The summed E-state index contributed by atoms with van der Waals surface area (Å²) in [5.74, 6) is -0.446. The smallest absolute Gasteiger partial charge is 0.338 e. The van der Waals surface area contributed by atoms with Crippen molar-refractivity contribution in [2.24, 2.45) is 0 Å². The Hall–Kier alpha value is -1.91. The maximum atomic E-state index is 11.3. The minimum absolute atomic E-state index is 0.359. The van der Waals surface area contributed by atoms with Crippen molar-refractivity contribution in [1.29, 1.82) is 0 Å². The lowest BCUT2D eigenvalue weighted by Gasteiger charge is -2.18. The number of carbonyl (C=O) groups excluding carboxylic acids is 1. The maximum absolute atomic E-state index is 11.3. The van der Waals surface area contributed by atoms with Crippen LogP contribution in [0.3, 0.4) is 0 Å². The molecule has 5 nitrogen and oxygen atoms in total. The molecule has 0 aromatic heterocycles. The maximum Gasteiger partial charge on any atom is 0.338 e. The number of hydrogen-bond acceptors (Lipinski definition) is 5. The van der Waals surface area contributed by atoms with E-state index in [4.69, 9.17) is 11.5 Å². The highest BCUT2D eigenvalue weighted by Gasteiger charge is 2.12. The van der Waals surface area contributed by atoms with Crippen molar-refractivity contribution in [3.8, 4) is 0 Å². The van der Waals surface area contributed by atoms with E-state index in [-0.39, 0.29) is 0 Å². The SMILES string of the molecule is COC(=O)c1cc(N)c(N(C)C)c(N)c1. The number of nitrogens with zero attached hydrogens (tertiary/aromatic N) is 1. The summed E-state index contributed by atoms with van der Waals surface area (Å²) in [4.78, 5) is 13.0. The van der Waals surface area contributed by atoms with E-state index in [0.717, 1.165) is 0 Å². The van der Waals surface area contributed by atoms with Crippen LogP contribution < -0.4 is 16.4 Å². The van der Waals surface area contributed by atoms with Crippen LogP contribution >= 0.6 is 0 Å². The van der Waals surface area contributed by atoms with Crippen LogP contribution in [0.25, 0.3) is 0 Å². The van der Waals surface area contributed by atoms with Gasteiger partial charge in [0.25, 0.3) is 0 Å². The highest BCUT2D eigenvalue weighted by Crippen LogP contribution is 2.30. The standard InChI is InChI=1S/C10H15N3O2/c1-13(2)9-7(11)4-6(5-8(9)12)10(14)15-3/h4-5H,11-12H2,1-3H3. The normalized spacial score (nSPS) is 9.80. The average molecular weight is 209 g/mol. The first-order valence-corrected chi connectivity index (χ1v) is 4.42. The lowest BCUT2D eigenvalue weighted by molar-refractivity contribution is 0.0601. The molecule has 0 bridgehead atoms. The summed E-state index contributed by atoms with van der Waals surface area (Å²) in [7, 11) is 4.98. The van der Waals surface area contributed by atoms with Crippen LogP contribution in [-0.2, 0) is 4.74 Å².